The number of hydrogen-bond donors (Lipinski definition) is 2. The highest BCUT2D eigenvalue weighted by Gasteiger charge is 2.25. The van der Waals surface area contributed by atoms with Crippen LogP contribution in [-0.2, 0) is 6.42 Å². The topological polar surface area (TPSA) is 32.3 Å². The molecule has 0 radical (unpaired) electrons. The minimum Gasteiger partial charge on any atom is -0.390 e. The van der Waals surface area contributed by atoms with Gasteiger partial charge in [0.1, 0.15) is 0 Å². The molecule has 19 heavy (non-hydrogen) atoms. The van der Waals surface area contributed by atoms with Crippen LogP contribution in [0, 0.1) is 0 Å². The molecular formula is C17H27NO. The van der Waals surface area contributed by atoms with Crippen LogP contribution in [0.15, 0.2) is 30.3 Å². The Balaban J connectivity index is 1.71. The minimum atomic E-state index is -0.524. The summed E-state index contributed by atoms with van der Waals surface area (Å²) in [7, 11) is 0. The molecule has 0 aromatic heterocycles. The zero-order valence-corrected chi connectivity index (χ0v) is 12.1. The number of rotatable bonds is 6. The molecule has 1 heterocycles. The third-order valence-corrected chi connectivity index (χ3v) is 4.12. The van der Waals surface area contributed by atoms with Crippen molar-refractivity contribution in [2.45, 2.75) is 63.5 Å². The Bertz CT molecular complexity index is 355. The summed E-state index contributed by atoms with van der Waals surface area (Å²) in [6.07, 6.45) is 7.71. The molecule has 0 spiro atoms. The Labute approximate surface area is 117 Å². The van der Waals surface area contributed by atoms with Crippen molar-refractivity contribution in [1.82, 2.24) is 5.32 Å². The first-order valence-electron chi connectivity index (χ1n) is 7.65. The van der Waals surface area contributed by atoms with Crippen molar-refractivity contribution < 1.29 is 5.11 Å². The highest BCUT2D eigenvalue weighted by atomic mass is 16.3. The second-order valence-corrected chi connectivity index (χ2v) is 6.19. The summed E-state index contributed by atoms with van der Waals surface area (Å²) in [5.41, 5.74) is 0.846. The molecule has 0 aliphatic carbocycles. The molecule has 2 N–H and O–H groups in total. The van der Waals surface area contributed by atoms with E-state index in [2.05, 4.69) is 35.6 Å². The normalized spacial score (nSPS) is 22.9. The lowest BCUT2D eigenvalue weighted by atomic mass is 9.87. The molecule has 1 saturated heterocycles. The molecule has 0 saturated carbocycles. The van der Waals surface area contributed by atoms with E-state index < -0.39 is 5.60 Å². The van der Waals surface area contributed by atoms with Crippen molar-refractivity contribution in [2.24, 2.45) is 0 Å². The minimum absolute atomic E-state index is 0.514. The number of piperidine rings is 1. The van der Waals surface area contributed by atoms with Gasteiger partial charge in [0.15, 0.2) is 0 Å². The SMILES string of the molecule is CC(O)(CCCc1ccccc1)CC1CCCCN1. The predicted molar refractivity (Wildman–Crippen MR) is 80.3 cm³/mol. The second-order valence-electron chi connectivity index (χ2n) is 6.19. The molecule has 1 aromatic rings. The van der Waals surface area contributed by atoms with E-state index in [0.717, 1.165) is 32.2 Å². The third-order valence-electron chi connectivity index (χ3n) is 4.12. The lowest BCUT2D eigenvalue weighted by Gasteiger charge is -2.31. The summed E-state index contributed by atoms with van der Waals surface area (Å²) in [5.74, 6) is 0. The summed E-state index contributed by atoms with van der Waals surface area (Å²) >= 11 is 0. The Morgan fingerprint density at radius 2 is 2.05 bits per heavy atom. The number of nitrogens with one attached hydrogen (secondary N) is 1. The molecule has 2 nitrogen and oxygen atoms in total. The Hall–Kier alpha value is -0.860. The summed E-state index contributed by atoms with van der Waals surface area (Å²) < 4.78 is 0. The van der Waals surface area contributed by atoms with Crippen LogP contribution in [0.4, 0.5) is 0 Å². The summed E-state index contributed by atoms with van der Waals surface area (Å²) in [6, 6.07) is 11.1. The van der Waals surface area contributed by atoms with E-state index in [9.17, 15) is 5.11 Å². The molecule has 106 valence electrons. The van der Waals surface area contributed by atoms with Gasteiger partial charge in [0, 0.05) is 6.04 Å². The van der Waals surface area contributed by atoms with Crippen molar-refractivity contribution >= 4 is 0 Å². The Morgan fingerprint density at radius 1 is 1.26 bits per heavy atom. The second kappa shape index (κ2) is 7.06. The zero-order valence-electron chi connectivity index (χ0n) is 12.1. The molecule has 2 rings (SSSR count). The zero-order chi connectivity index (χ0) is 13.6. The predicted octanol–water partition coefficient (Wildman–Crippen LogP) is 3.29. The van der Waals surface area contributed by atoms with E-state index in [4.69, 9.17) is 0 Å². The first kappa shape index (κ1) is 14.5. The first-order chi connectivity index (χ1) is 9.16. The van der Waals surface area contributed by atoms with Crippen LogP contribution in [0.1, 0.15) is 51.0 Å². The van der Waals surface area contributed by atoms with Crippen molar-refractivity contribution in [3.8, 4) is 0 Å². The molecule has 2 heteroatoms. The van der Waals surface area contributed by atoms with E-state index in [1.54, 1.807) is 0 Å². The molecule has 1 aromatic carbocycles. The van der Waals surface area contributed by atoms with Crippen molar-refractivity contribution in [1.29, 1.82) is 0 Å². The molecule has 2 atom stereocenters. The average Bonchev–Trinajstić information content (AvgIpc) is 2.40. The van der Waals surface area contributed by atoms with Gasteiger partial charge in [-0.05, 0) is 57.6 Å². The fourth-order valence-corrected chi connectivity index (χ4v) is 3.05. The van der Waals surface area contributed by atoms with Crippen LogP contribution in [0.5, 0.6) is 0 Å². The molecule has 0 amide bonds. The molecule has 1 aliphatic heterocycles. The number of hydrogen-bond acceptors (Lipinski definition) is 2. The average molecular weight is 261 g/mol. The molecule has 1 fully saturated rings. The van der Waals surface area contributed by atoms with Gasteiger partial charge in [-0.25, -0.2) is 0 Å². The molecule has 0 bridgehead atoms. The van der Waals surface area contributed by atoms with Crippen LogP contribution in [-0.4, -0.2) is 23.3 Å². The van der Waals surface area contributed by atoms with Crippen LogP contribution in [0.3, 0.4) is 0 Å². The van der Waals surface area contributed by atoms with Gasteiger partial charge in [0.25, 0.3) is 0 Å². The van der Waals surface area contributed by atoms with Gasteiger partial charge in [0.2, 0.25) is 0 Å². The number of benzene rings is 1. The van der Waals surface area contributed by atoms with E-state index in [0.29, 0.717) is 6.04 Å². The third kappa shape index (κ3) is 5.33. The van der Waals surface area contributed by atoms with Crippen LogP contribution in [0.25, 0.3) is 0 Å². The lowest BCUT2D eigenvalue weighted by molar-refractivity contribution is 0.0267. The summed E-state index contributed by atoms with van der Waals surface area (Å²) in [5, 5.41) is 14.0. The fraction of sp³-hybridized carbons (Fsp3) is 0.647. The van der Waals surface area contributed by atoms with E-state index >= 15 is 0 Å². The highest BCUT2D eigenvalue weighted by molar-refractivity contribution is 5.14. The van der Waals surface area contributed by atoms with Gasteiger partial charge < -0.3 is 10.4 Å². The lowest BCUT2D eigenvalue weighted by Crippen LogP contribution is -2.40. The smallest absolute Gasteiger partial charge is 0.0634 e. The number of aryl methyl sites for hydroxylation is 1. The maximum Gasteiger partial charge on any atom is 0.0634 e. The summed E-state index contributed by atoms with van der Waals surface area (Å²) in [4.78, 5) is 0. The fourth-order valence-electron chi connectivity index (χ4n) is 3.05. The standard InChI is InChI=1S/C17H27NO/c1-17(19,14-16-11-5-6-13-18-16)12-7-10-15-8-3-2-4-9-15/h2-4,8-9,16,18-19H,5-7,10-14H2,1H3. The van der Waals surface area contributed by atoms with Gasteiger partial charge in [-0.15, -0.1) is 0 Å². The van der Waals surface area contributed by atoms with E-state index in [1.165, 1.54) is 24.8 Å². The largest absolute Gasteiger partial charge is 0.390 e. The van der Waals surface area contributed by atoms with Gasteiger partial charge >= 0.3 is 0 Å². The van der Waals surface area contributed by atoms with Gasteiger partial charge in [-0.1, -0.05) is 36.8 Å². The van der Waals surface area contributed by atoms with Gasteiger partial charge in [0.05, 0.1) is 5.60 Å². The van der Waals surface area contributed by atoms with Gasteiger partial charge in [-0.3, -0.25) is 0 Å². The Morgan fingerprint density at radius 3 is 2.74 bits per heavy atom. The van der Waals surface area contributed by atoms with Crippen molar-refractivity contribution in [3.63, 3.8) is 0 Å². The highest BCUT2D eigenvalue weighted by Crippen LogP contribution is 2.23. The van der Waals surface area contributed by atoms with Crippen LogP contribution in [0.2, 0.25) is 0 Å². The summed E-state index contributed by atoms with van der Waals surface area (Å²) in [6.45, 7) is 3.11. The van der Waals surface area contributed by atoms with Gasteiger partial charge in [-0.2, -0.15) is 0 Å². The quantitative estimate of drug-likeness (QED) is 0.823. The molecule has 2 unspecified atom stereocenters. The Kier molecular flexibility index (Phi) is 5.41. The maximum atomic E-state index is 10.5. The maximum absolute atomic E-state index is 10.5. The van der Waals surface area contributed by atoms with Crippen molar-refractivity contribution in [2.75, 3.05) is 6.54 Å². The van der Waals surface area contributed by atoms with E-state index in [1.807, 2.05) is 6.92 Å². The van der Waals surface area contributed by atoms with E-state index in [-0.39, 0.29) is 0 Å². The molecule has 1 aliphatic rings. The monoisotopic (exact) mass is 261 g/mol. The first-order valence-corrected chi connectivity index (χ1v) is 7.65. The van der Waals surface area contributed by atoms with Crippen LogP contribution >= 0.6 is 0 Å². The molecular weight excluding hydrogens is 234 g/mol. The van der Waals surface area contributed by atoms with Crippen molar-refractivity contribution in [3.05, 3.63) is 35.9 Å². The van der Waals surface area contributed by atoms with Crippen LogP contribution < -0.4 is 5.32 Å². The number of aliphatic hydroxyl groups is 1.